The van der Waals surface area contributed by atoms with E-state index in [9.17, 15) is 4.79 Å². The fourth-order valence-electron chi connectivity index (χ4n) is 0.668. The summed E-state index contributed by atoms with van der Waals surface area (Å²) in [6.45, 7) is 0. The molecule has 1 heterocycles. The van der Waals surface area contributed by atoms with Crippen LogP contribution in [0.15, 0.2) is 11.0 Å². The first-order chi connectivity index (χ1) is 5.15. The molecule has 0 aliphatic rings. The van der Waals surface area contributed by atoms with Gasteiger partial charge in [-0.15, -0.1) is 6.42 Å². The molecule has 1 aromatic rings. The number of nitrogens with zero attached hydrogens (tertiary/aromatic N) is 2. The molecule has 2 N–H and O–H groups in total. The van der Waals surface area contributed by atoms with Crippen LogP contribution in [-0.4, -0.2) is 9.55 Å². The average Bonchev–Trinajstić information content (AvgIpc) is 1.97. The lowest BCUT2D eigenvalue weighted by atomic mass is 10.3. The Morgan fingerprint density at radius 3 is 3.00 bits per heavy atom. The second-order valence-corrected chi connectivity index (χ2v) is 2.08. The highest BCUT2D eigenvalue weighted by Gasteiger charge is 1.98. The van der Waals surface area contributed by atoms with Gasteiger partial charge in [-0.1, -0.05) is 5.92 Å². The van der Waals surface area contributed by atoms with Crippen molar-refractivity contribution in [2.75, 3.05) is 5.73 Å². The Hall–Kier alpha value is -1.76. The van der Waals surface area contributed by atoms with Crippen molar-refractivity contribution in [3.63, 3.8) is 0 Å². The number of nitrogen functional groups attached to an aromatic ring is 1. The molecule has 0 aliphatic carbocycles. The Morgan fingerprint density at radius 1 is 1.82 bits per heavy atom. The van der Waals surface area contributed by atoms with Gasteiger partial charge in [0.05, 0.1) is 5.56 Å². The van der Waals surface area contributed by atoms with Crippen LogP contribution in [0.4, 0.5) is 5.82 Å². The molecular weight excluding hydrogens is 142 g/mol. The maximum atomic E-state index is 10.8. The summed E-state index contributed by atoms with van der Waals surface area (Å²) in [5, 5.41) is 0. The molecule has 11 heavy (non-hydrogen) atoms. The van der Waals surface area contributed by atoms with Crippen molar-refractivity contribution in [3.8, 4) is 12.3 Å². The Balaban J connectivity index is 3.47. The molecular formula is C7H7N3O. The van der Waals surface area contributed by atoms with E-state index in [1.165, 1.54) is 10.8 Å². The molecule has 0 saturated carbocycles. The molecule has 56 valence electrons. The summed E-state index contributed by atoms with van der Waals surface area (Å²) in [7, 11) is 1.57. The molecule has 1 rings (SSSR count). The van der Waals surface area contributed by atoms with Crippen LogP contribution in [0.2, 0.25) is 0 Å². The number of aryl methyl sites for hydroxylation is 1. The van der Waals surface area contributed by atoms with Gasteiger partial charge in [0.25, 0.3) is 0 Å². The Labute approximate surface area is 63.7 Å². The van der Waals surface area contributed by atoms with E-state index in [1.54, 1.807) is 7.05 Å². The lowest BCUT2D eigenvalue weighted by Gasteiger charge is -1.98. The Morgan fingerprint density at radius 2 is 2.45 bits per heavy atom. The number of rotatable bonds is 0. The van der Waals surface area contributed by atoms with Crippen LogP contribution in [0.25, 0.3) is 0 Å². The second kappa shape index (κ2) is 2.46. The summed E-state index contributed by atoms with van der Waals surface area (Å²) in [6.07, 6.45) is 6.56. The SMILES string of the molecule is C#Cc1cn(C)c(=O)nc1N. The maximum absolute atomic E-state index is 10.8. The van der Waals surface area contributed by atoms with Gasteiger partial charge in [0.1, 0.15) is 5.82 Å². The number of terminal acetylenes is 1. The second-order valence-electron chi connectivity index (χ2n) is 2.08. The molecule has 0 amide bonds. The van der Waals surface area contributed by atoms with Crippen LogP contribution in [0.3, 0.4) is 0 Å². The molecule has 0 atom stereocenters. The molecule has 1 aromatic heterocycles. The van der Waals surface area contributed by atoms with Gasteiger partial charge in [-0.3, -0.25) is 0 Å². The van der Waals surface area contributed by atoms with Gasteiger partial charge in [-0.25, -0.2) is 4.79 Å². The van der Waals surface area contributed by atoms with Gasteiger partial charge in [0.2, 0.25) is 0 Å². The highest BCUT2D eigenvalue weighted by molar-refractivity contribution is 5.47. The largest absolute Gasteiger partial charge is 0.382 e. The van der Waals surface area contributed by atoms with Crippen LogP contribution >= 0.6 is 0 Å². The van der Waals surface area contributed by atoms with E-state index >= 15 is 0 Å². The third-order valence-corrected chi connectivity index (χ3v) is 1.27. The molecule has 0 spiro atoms. The van der Waals surface area contributed by atoms with Crippen LogP contribution in [0, 0.1) is 12.3 Å². The van der Waals surface area contributed by atoms with Crippen LogP contribution in [-0.2, 0) is 7.05 Å². The predicted octanol–water partition coefficient (Wildman–Crippen LogP) is -0.656. The lowest BCUT2D eigenvalue weighted by molar-refractivity contribution is 0.811. The zero-order valence-electron chi connectivity index (χ0n) is 6.03. The van der Waals surface area contributed by atoms with E-state index in [0.717, 1.165) is 0 Å². The van der Waals surface area contributed by atoms with Crippen molar-refractivity contribution in [3.05, 3.63) is 22.2 Å². The minimum Gasteiger partial charge on any atom is -0.382 e. The average molecular weight is 149 g/mol. The first kappa shape index (κ1) is 7.35. The summed E-state index contributed by atoms with van der Waals surface area (Å²) >= 11 is 0. The van der Waals surface area contributed by atoms with Gasteiger partial charge in [-0.2, -0.15) is 4.98 Å². The number of hydrogen-bond acceptors (Lipinski definition) is 3. The van der Waals surface area contributed by atoms with Gasteiger partial charge in [-0.05, 0) is 0 Å². The maximum Gasteiger partial charge on any atom is 0.349 e. The molecule has 0 saturated heterocycles. The third-order valence-electron chi connectivity index (χ3n) is 1.27. The number of hydrogen-bond donors (Lipinski definition) is 1. The van der Waals surface area contributed by atoms with Gasteiger partial charge >= 0.3 is 5.69 Å². The first-order valence-electron chi connectivity index (χ1n) is 2.95. The van der Waals surface area contributed by atoms with E-state index in [-0.39, 0.29) is 5.82 Å². The minimum absolute atomic E-state index is 0.107. The van der Waals surface area contributed by atoms with Gasteiger partial charge in [0.15, 0.2) is 0 Å². The van der Waals surface area contributed by atoms with Crippen LogP contribution in [0.5, 0.6) is 0 Å². The zero-order chi connectivity index (χ0) is 8.43. The summed E-state index contributed by atoms with van der Waals surface area (Å²) in [4.78, 5) is 14.3. The van der Waals surface area contributed by atoms with Gasteiger partial charge in [0, 0.05) is 13.2 Å². The summed E-state index contributed by atoms with van der Waals surface area (Å²) in [5.74, 6) is 2.42. The van der Waals surface area contributed by atoms with E-state index < -0.39 is 5.69 Å². The molecule has 0 fully saturated rings. The highest BCUT2D eigenvalue weighted by Crippen LogP contribution is 2.00. The van der Waals surface area contributed by atoms with Crippen LogP contribution < -0.4 is 11.4 Å². The number of aromatic nitrogens is 2. The van der Waals surface area contributed by atoms with Crippen LogP contribution in [0.1, 0.15) is 5.56 Å². The van der Waals surface area contributed by atoms with E-state index in [4.69, 9.17) is 12.2 Å². The molecule has 0 aliphatic heterocycles. The Bertz CT molecular complexity index is 372. The summed E-state index contributed by atoms with van der Waals surface area (Å²) in [6, 6.07) is 0. The lowest BCUT2D eigenvalue weighted by Crippen LogP contribution is -2.21. The topological polar surface area (TPSA) is 60.9 Å². The van der Waals surface area contributed by atoms with Crippen molar-refractivity contribution in [2.45, 2.75) is 0 Å². The van der Waals surface area contributed by atoms with Crippen molar-refractivity contribution < 1.29 is 0 Å². The van der Waals surface area contributed by atoms with E-state index in [0.29, 0.717) is 5.56 Å². The molecule has 4 nitrogen and oxygen atoms in total. The number of nitrogens with two attached hydrogens (primary N) is 1. The number of anilines is 1. The van der Waals surface area contributed by atoms with Crippen molar-refractivity contribution in [1.82, 2.24) is 9.55 Å². The summed E-state index contributed by atoms with van der Waals surface area (Å²) < 4.78 is 1.28. The van der Waals surface area contributed by atoms with Crippen molar-refractivity contribution in [1.29, 1.82) is 0 Å². The van der Waals surface area contributed by atoms with Gasteiger partial charge < -0.3 is 10.3 Å². The monoisotopic (exact) mass is 149 g/mol. The van der Waals surface area contributed by atoms with E-state index in [2.05, 4.69) is 10.9 Å². The molecule has 0 radical (unpaired) electrons. The smallest absolute Gasteiger partial charge is 0.349 e. The standard InChI is InChI=1S/C7H7N3O/c1-3-5-4-10(2)7(11)9-6(5)8/h1,4H,2H3,(H2,8,9,11). The normalized spacial score (nSPS) is 9.09. The quantitative estimate of drug-likeness (QED) is 0.498. The molecule has 0 unspecified atom stereocenters. The predicted molar refractivity (Wildman–Crippen MR) is 41.8 cm³/mol. The molecule has 0 aromatic carbocycles. The third kappa shape index (κ3) is 1.22. The van der Waals surface area contributed by atoms with E-state index in [1.807, 2.05) is 0 Å². The zero-order valence-corrected chi connectivity index (χ0v) is 6.03. The van der Waals surface area contributed by atoms with Crippen molar-refractivity contribution in [2.24, 2.45) is 7.05 Å². The Kier molecular flexibility index (Phi) is 1.65. The first-order valence-corrected chi connectivity index (χ1v) is 2.95. The summed E-state index contributed by atoms with van der Waals surface area (Å²) in [5.41, 5.74) is 5.37. The molecule has 4 heteroatoms. The highest BCUT2D eigenvalue weighted by atomic mass is 16.1. The fraction of sp³-hybridized carbons (Fsp3) is 0.143. The van der Waals surface area contributed by atoms with Crippen molar-refractivity contribution >= 4 is 5.82 Å². The minimum atomic E-state index is -0.401. The fourth-order valence-corrected chi connectivity index (χ4v) is 0.668. The molecule has 0 bridgehead atoms.